The first-order valence-electron chi connectivity index (χ1n) is 0. The normalized spacial score (nSPS) is 0. The van der Waals surface area contributed by atoms with Gasteiger partial charge in [-0.1, -0.05) is 0 Å². The molecule has 0 aromatic carbocycles. The van der Waals surface area contributed by atoms with Crippen LogP contribution in [0.2, 0.25) is 0 Å². The number of rotatable bonds is 0. The molecule has 0 aromatic rings. The molecule has 0 aliphatic heterocycles. The van der Waals surface area contributed by atoms with Crippen LogP contribution in [-0.2, 0) is 44.4 Å². The Morgan fingerprint density at radius 3 is 1.00 bits per heavy atom. The fraction of sp³-hybridized carbons (Fsp3) is 0. The van der Waals surface area contributed by atoms with Crippen molar-refractivity contribution in [3.8, 4) is 0 Å². The van der Waals surface area contributed by atoms with E-state index in [2.05, 4.69) is 0 Å². The Hall–Kier alpha value is 3.66. The van der Waals surface area contributed by atoms with Gasteiger partial charge < -0.3 is 0 Å². The van der Waals surface area contributed by atoms with E-state index in [-0.39, 0.29) is 112 Å². The topological polar surface area (TPSA) is 0 Å². The summed E-state index contributed by atoms with van der Waals surface area (Å²) in [5, 5.41) is 0. The molecule has 5 heteroatoms. The molecule has 0 aliphatic rings. The molecule has 0 saturated heterocycles. The molecule has 0 fully saturated rings. The first-order valence-corrected chi connectivity index (χ1v) is 0. The van der Waals surface area contributed by atoms with E-state index in [0.29, 0.717) is 0 Å². The van der Waals surface area contributed by atoms with Crippen molar-refractivity contribution in [3.63, 3.8) is 0 Å². The summed E-state index contributed by atoms with van der Waals surface area (Å²) in [4.78, 5) is 0. The molecule has 0 N–H and O–H groups in total. The molecule has 0 rings (SSSR count). The minimum absolute atomic E-state index is 0. The summed E-state index contributed by atoms with van der Waals surface area (Å²) in [6.07, 6.45) is 0. The van der Waals surface area contributed by atoms with Crippen LogP contribution in [-0.4, -0.2) is 67.7 Å². The molecular weight excluding hydrogens is 434 g/mol. The average molecular weight is 442 g/mol. The summed E-state index contributed by atoms with van der Waals surface area (Å²) in [7, 11) is 0. The van der Waals surface area contributed by atoms with Gasteiger partial charge in [0.15, 0.2) is 17.4 Å². The zero-order chi connectivity index (χ0) is 0. The molecule has 0 nitrogen and oxygen atoms in total. The fourth-order valence-electron chi connectivity index (χ4n) is 0. The van der Waals surface area contributed by atoms with Gasteiger partial charge in [0.25, 0.3) is 0 Å². The van der Waals surface area contributed by atoms with Gasteiger partial charge in [0.2, 0.25) is 0 Å². The Morgan fingerprint density at radius 1 is 1.00 bits per heavy atom. The number of hydrogen-bond acceptors (Lipinski definition) is 0. The third kappa shape index (κ3) is 18.3. The van der Waals surface area contributed by atoms with Gasteiger partial charge in [-0.05, 0) is 0 Å². The van der Waals surface area contributed by atoms with Crippen molar-refractivity contribution < 1.29 is 44.4 Å². The van der Waals surface area contributed by atoms with Crippen molar-refractivity contribution in [3.05, 3.63) is 0 Å². The van der Waals surface area contributed by atoms with Crippen molar-refractivity contribution in [2.45, 2.75) is 0 Å². The zero-order valence-corrected chi connectivity index (χ0v) is 12.2. The van der Waals surface area contributed by atoms with Gasteiger partial charge in [-0.3, -0.25) is 0 Å². The molecule has 5 heavy (non-hydrogen) atoms. The maximum atomic E-state index is 0. The van der Waals surface area contributed by atoms with E-state index in [4.69, 9.17) is 0 Å². The van der Waals surface area contributed by atoms with Gasteiger partial charge in [0.05, 0.1) is 0 Å². The molecule has 0 spiro atoms. The van der Waals surface area contributed by atoms with E-state index >= 15 is 0 Å². The molecule has 0 bridgehead atoms. The van der Waals surface area contributed by atoms with Crippen molar-refractivity contribution in [1.29, 1.82) is 0 Å². The zero-order valence-electron chi connectivity index (χ0n) is 1.72. The molecule has 3 radical (unpaired) electrons. The standard InChI is InChI=1S/Al.Cd.Cu.Mg.Pb.7H. The predicted octanol–water partition coefficient (Wildman–Crippen LogP) is -3.02. The Bertz CT molecular complexity index is 11.6. The van der Waals surface area contributed by atoms with E-state index in [0.717, 1.165) is 0 Å². The molecule has 0 aliphatic carbocycles. The van der Waals surface area contributed by atoms with E-state index in [9.17, 15) is 0 Å². The molecule has 0 heterocycles. The summed E-state index contributed by atoms with van der Waals surface area (Å²) < 4.78 is 0. The van der Waals surface area contributed by atoms with Crippen LogP contribution in [0.15, 0.2) is 0 Å². The summed E-state index contributed by atoms with van der Waals surface area (Å²) >= 11 is 0. The van der Waals surface area contributed by atoms with Gasteiger partial charge in [0, 0.05) is 44.4 Å². The summed E-state index contributed by atoms with van der Waals surface area (Å²) in [5.74, 6) is 0. The average Bonchev–Trinajstić information content (AvgIpc) is 0. The Labute approximate surface area is 110 Å². The van der Waals surface area contributed by atoms with E-state index in [1.807, 2.05) is 0 Å². The first kappa shape index (κ1) is 37.9. The summed E-state index contributed by atoms with van der Waals surface area (Å²) in [5.41, 5.74) is 0. The summed E-state index contributed by atoms with van der Waals surface area (Å²) in [6.45, 7) is 0. The second kappa shape index (κ2) is 25.4. The minimum atomic E-state index is 0. The van der Waals surface area contributed by atoms with Crippen LogP contribution in [0.4, 0.5) is 0 Å². The molecule has 0 unspecified atom stereocenters. The van der Waals surface area contributed by atoms with Gasteiger partial charge in [-0.25, -0.2) is 0 Å². The van der Waals surface area contributed by atoms with Crippen molar-refractivity contribution in [1.82, 2.24) is 0 Å². The van der Waals surface area contributed by atoms with Crippen LogP contribution in [0.5, 0.6) is 0 Å². The molecule has 0 amide bonds. The van der Waals surface area contributed by atoms with E-state index in [1.54, 1.807) is 0 Å². The van der Waals surface area contributed by atoms with Crippen molar-refractivity contribution in [2.75, 3.05) is 0 Å². The van der Waals surface area contributed by atoms with Crippen LogP contribution >= 0.6 is 0 Å². The second-order valence-electron chi connectivity index (χ2n) is 0. The van der Waals surface area contributed by atoms with Gasteiger partial charge in [-0.15, -0.1) is 0 Å². The Balaban J connectivity index is 0. The molecular formula is H7AlCdCuMgPb. The van der Waals surface area contributed by atoms with Crippen LogP contribution in [0.1, 0.15) is 0 Å². The Morgan fingerprint density at radius 2 is 1.00 bits per heavy atom. The quantitative estimate of drug-likeness (QED) is 0.351. The van der Waals surface area contributed by atoms with Crippen LogP contribution in [0.25, 0.3) is 0 Å². The molecule has 29 valence electrons. The Kier molecular flexibility index (Phi) is 192. The first-order chi connectivity index (χ1) is 0. The van der Waals surface area contributed by atoms with E-state index in [1.165, 1.54) is 0 Å². The fourth-order valence-corrected chi connectivity index (χ4v) is 0. The maximum absolute atomic E-state index is 0. The van der Waals surface area contributed by atoms with Gasteiger partial charge in [-0.2, -0.15) is 0 Å². The molecule has 0 saturated carbocycles. The SMILES string of the molecule is [AlH3].[Cd].[Cu].[MgH2].[PbH2]. The van der Waals surface area contributed by atoms with Crippen LogP contribution < -0.4 is 0 Å². The third-order valence-corrected chi connectivity index (χ3v) is 0. The van der Waals surface area contributed by atoms with Gasteiger partial charge >= 0.3 is 50.4 Å². The van der Waals surface area contributed by atoms with Gasteiger partial charge in [0.1, 0.15) is 0 Å². The molecule has 0 aromatic heterocycles. The van der Waals surface area contributed by atoms with Crippen molar-refractivity contribution >= 4 is 67.7 Å². The second-order valence-corrected chi connectivity index (χ2v) is 0. The summed E-state index contributed by atoms with van der Waals surface area (Å²) in [6, 6.07) is 0. The third-order valence-electron chi connectivity index (χ3n) is 0. The predicted molar refractivity (Wildman–Crippen MR) is 27.0 cm³/mol. The van der Waals surface area contributed by atoms with Crippen LogP contribution in [0.3, 0.4) is 0 Å². The monoisotopic (exact) mass is 443 g/mol. The van der Waals surface area contributed by atoms with Crippen molar-refractivity contribution in [2.24, 2.45) is 0 Å². The molecule has 0 atom stereocenters. The number of hydrogen-bond donors (Lipinski definition) is 0. The van der Waals surface area contributed by atoms with Crippen LogP contribution in [0, 0.1) is 0 Å². The van der Waals surface area contributed by atoms with E-state index < -0.39 is 0 Å².